The van der Waals surface area contributed by atoms with E-state index in [1.54, 1.807) is 0 Å². The van der Waals surface area contributed by atoms with E-state index < -0.39 is 0 Å². The van der Waals surface area contributed by atoms with E-state index >= 15 is 0 Å². The van der Waals surface area contributed by atoms with Gasteiger partial charge in [-0.05, 0) is 6.92 Å². The van der Waals surface area contributed by atoms with Crippen molar-refractivity contribution in [3.05, 3.63) is 132 Å². The zero-order valence-corrected chi connectivity index (χ0v) is 25.1. The van der Waals surface area contributed by atoms with Crippen LogP contribution in [0.25, 0.3) is 33.3 Å². The molecule has 0 unspecified atom stereocenters. The summed E-state index contributed by atoms with van der Waals surface area (Å²) in [6, 6.07) is 42.1. The molecular formula is C37H28N2O2Se. The van der Waals surface area contributed by atoms with Crippen LogP contribution in [-0.2, 0) is 4.74 Å². The van der Waals surface area contributed by atoms with Gasteiger partial charge in [-0.1, -0.05) is 0 Å². The summed E-state index contributed by atoms with van der Waals surface area (Å²) in [6.45, 7) is 4.32. The second-order valence-corrected chi connectivity index (χ2v) is 12.5. The van der Waals surface area contributed by atoms with Crippen molar-refractivity contribution in [3.63, 3.8) is 0 Å². The molecule has 2 heterocycles. The molecule has 0 atom stereocenters. The third-order valence-corrected chi connectivity index (χ3v) is 9.97. The van der Waals surface area contributed by atoms with Crippen molar-refractivity contribution in [3.8, 4) is 22.4 Å². The van der Waals surface area contributed by atoms with E-state index in [1.807, 2.05) is 37.3 Å². The van der Waals surface area contributed by atoms with Gasteiger partial charge < -0.3 is 4.74 Å². The van der Waals surface area contributed by atoms with Crippen LogP contribution in [0.1, 0.15) is 22.8 Å². The van der Waals surface area contributed by atoms with Crippen LogP contribution in [0.5, 0.6) is 0 Å². The summed E-state index contributed by atoms with van der Waals surface area (Å²) in [6.07, 6.45) is 0. The van der Waals surface area contributed by atoms with E-state index in [9.17, 15) is 4.79 Å². The van der Waals surface area contributed by atoms with Crippen LogP contribution in [0.4, 0.5) is 17.1 Å². The Bertz CT molecular complexity index is 1910. The monoisotopic (exact) mass is 612 g/mol. The number of benzene rings is 5. The van der Waals surface area contributed by atoms with Crippen LogP contribution < -0.4 is 13.8 Å². The molecular weight excluding hydrogens is 583 g/mol. The predicted octanol–water partition coefficient (Wildman–Crippen LogP) is 7.49. The Morgan fingerprint density at radius 2 is 1.38 bits per heavy atom. The fourth-order valence-corrected chi connectivity index (χ4v) is 7.84. The molecule has 7 rings (SSSR count). The Labute approximate surface area is 251 Å². The molecule has 4 nitrogen and oxygen atoms in total. The molecule has 0 saturated carbocycles. The molecule has 204 valence electrons. The summed E-state index contributed by atoms with van der Waals surface area (Å²) in [5, 5.41) is 1.14. The van der Waals surface area contributed by atoms with Crippen molar-refractivity contribution < 1.29 is 9.53 Å². The average molecular weight is 612 g/mol. The molecule has 5 aromatic carbocycles. The Hall–Kier alpha value is -4.70. The number of esters is 1. The van der Waals surface area contributed by atoms with E-state index in [0.29, 0.717) is 12.2 Å². The molecule has 1 aliphatic rings. The SMILES string of the molecule is CCOC(=O)c1ccc(-c2cc(-c3ccccc3)c3c(C)ccc(N4c5ccccc5[Se]c5ccccc54)c3n2)cc1. The molecule has 0 saturated heterocycles. The molecule has 0 bridgehead atoms. The molecule has 6 aromatic rings. The molecule has 5 heteroatoms. The third kappa shape index (κ3) is 4.57. The normalized spacial score (nSPS) is 12.1. The van der Waals surface area contributed by atoms with Gasteiger partial charge in [-0.3, -0.25) is 0 Å². The maximum absolute atomic E-state index is 12.3. The van der Waals surface area contributed by atoms with E-state index in [2.05, 4.69) is 103 Å². The predicted molar refractivity (Wildman–Crippen MR) is 173 cm³/mol. The first-order chi connectivity index (χ1) is 20.6. The number of aryl methyl sites for hydroxylation is 1. The number of pyridine rings is 1. The van der Waals surface area contributed by atoms with Crippen LogP contribution in [0.15, 0.2) is 121 Å². The second-order valence-electron chi connectivity index (χ2n) is 10.2. The van der Waals surface area contributed by atoms with Crippen LogP contribution in [0, 0.1) is 6.92 Å². The number of ether oxygens (including phenoxy) is 1. The third-order valence-electron chi connectivity index (χ3n) is 7.60. The Morgan fingerprint density at radius 3 is 2.05 bits per heavy atom. The van der Waals surface area contributed by atoms with Gasteiger partial charge in [-0.2, -0.15) is 0 Å². The molecule has 1 aliphatic heterocycles. The standard InChI is InChI=1S/C37H28N2O2Se/c1-3-41-37(40)27-20-18-26(19-21-27)29-23-28(25-11-5-4-6-12-25)35-24(2)17-22-32(36(35)38-29)39-30-13-7-9-15-33(30)42-34-16-10-8-14-31(34)39/h4-23H,3H2,1-2H3. The van der Waals surface area contributed by atoms with Crippen molar-refractivity contribution in [1.82, 2.24) is 4.98 Å². The van der Waals surface area contributed by atoms with Crippen LogP contribution >= 0.6 is 0 Å². The first kappa shape index (κ1) is 26.2. The Morgan fingerprint density at radius 1 is 0.738 bits per heavy atom. The van der Waals surface area contributed by atoms with Gasteiger partial charge in [-0.25, -0.2) is 4.79 Å². The summed E-state index contributed by atoms with van der Waals surface area (Å²) in [4.78, 5) is 20.1. The van der Waals surface area contributed by atoms with Crippen molar-refractivity contribution in [1.29, 1.82) is 0 Å². The van der Waals surface area contributed by atoms with E-state index in [-0.39, 0.29) is 20.9 Å². The zero-order chi connectivity index (χ0) is 28.6. The summed E-state index contributed by atoms with van der Waals surface area (Å²) in [7, 11) is 0. The molecule has 0 spiro atoms. The summed E-state index contributed by atoms with van der Waals surface area (Å²) >= 11 is 0.221. The number of carbonyl (C=O) groups excluding carboxylic acids is 1. The average Bonchev–Trinajstić information content (AvgIpc) is 3.04. The number of carbonyl (C=O) groups is 1. The van der Waals surface area contributed by atoms with Crippen LogP contribution in [-0.4, -0.2) is 32.5 Å². The summed E-state index contributed by atoms with van der Waals surface area (Å²) in [5.41, 5.74) is 10.2. The van der Waals surface area contributed by atoms with Crippen molar-refractivity contribution in [2.45, 2.75) is 13.8 Å². The first-order valence-corrected chi connectivity index (χ1v) is 15.8. The van der Waals surface area contributed by atoms with Crippen LogP contribution in [0.2, 0.25) is 0 Å². The number of fused-ring (bicyclic) bond motifs is 3. The van der Waals surface area contributed by atoms with Crippen LogP contribution in [0.3, 0.4) is 0 Å². The van der Waals surface area contributed by atoms with Crippen molar-refractivity contribution in [2.24, 2.45) is 0 Å². The summed E-state index contributed by atoms with van der Waals surface area (Å²) < 4.78 is 7.91. The molecule has 0 fully saturated rings. The van der Waals surface area contributed by atoms with E-state index in [1.165, 1.54) is 25.9 Å². The molecule has 0 aliphatic carbocycles. The van der Waals surface area contributed by atoms with Gasteiger partial charge in [-0.15, -0.1) is 0 Å². The van der Waals surface area contributed by atoms with Gasteiger partial charge in [0.1, 0.15) is 0 Å². The minimum absolute atomic E-state index is 0.221. The molecule has 42 heavy (non-hydrogen) atoms. The fourth-order valence-electron chi connectivity index (χ4n) is 5.63. The van der Waals surface area contributed by atoms with Gasteiger partial charge >= 0.3 is 229 Å². The Kier molecular flexibility index (Phi) is 6.83. The fraction of sp³-hybridized carbons (Fsp3) is 0.0811. The van der Waals surface area contributed by atoms with Gasteiger partial charge in [0.25, 0.3) is 0 Å². The number of anilines is 3. The topological polar surface area (TPSA) is 42.4 Å². The van der Waals surface area contributed by atoms with E-state index in [4.69, 9.17) is 9.72 Å². The molecule has 0 amide bonds. The second kappa shape index (κ2) is 10.9. The maximum atomic E-state index is 12.3. The summed E-state index contributed by atoms with van der Waals surface area (Å²) in [5.74, 6) is -0.317. The van der Waals surface area contributed by atoms with Crippen molar-refractivity contribution >= 4 is 57.8 Å². The van der Waals surface area contributed by atoms with Gasteiger partial charge in [0.05, 0.1) is 6.61 Å². The quantitative estimate of drug-likeness (QED) is 0.149. The number of nitrogens with zero attached hydrogens (tertiary/aromatic N) is 2. The molecule has 0 radical (unpaired) electrons. The minimum atomic E-state index is -0.317. The number of aromatic nitrogens is 1. The molecule has 1 aromatic heterocycles. The number of rotatable bonds is 5. The van der Waals surface area contributed by atoms with Gasteiger partial charge in [0.2, 0.25) is 0 Å². The van der Waals surface area contributed by atoms with Gasteiger partial charge in [0.15, 0.2) is 0 Å². The number of para-hydroxylation sites is 2. The molecule has 0 N–H and O–H groups in total. The number of hydrogen-bond donors (Lipinski definition) is 0. The van der Waals surface area contributed by atoms with Gasteiger partial charge in [0, 0.05) is 0 Å². The number of hydrogen-bond acceptors (Lipinski definition) is 4. The first-order valence-electron chi connectivity index (χ1n) is 14.1. The zero-order valence-electron chi connectivity index (χ0n) is 23.4. The Balaban J connectivity index is 1.50. The van der Waals surface area contributed by atoms with E-state index in [0.717, 1.165) is 39.0 Å². The van der Waals surface area contributed by atoms with Crippen molar-refractivity contribution in [2.75, 3.05) is 11.5 Å².